The average molecular weight is 455 g/mol. The van der Waals surface area contributed by atoms with Gasteiger partial charge < -0.3 is 4.90 Å². The van der Waals surface area contributed by atoms with Crippen LogP contribution in [-0.2, 0) is 10.2 Å². The van der Waals surface area contributed by atoms with Gasteiger partial charge in [0.05, 0.1) is 18.3 Å². The van der Waals surface area contributed by atoms with Crippen LogP contribution in [0.3, 0.4) is 0 Å². The summed E-state index contributed by atoms with van der Waals surface area (Å²) in [5.74, 6) is 0.0916. The number of carbonyl (C=O) groups excluding carboxylic acids is 2. The van der Waals surface area contributed by atoms with Crippen molar-refractivity contribution in [2.24, 2.45) is 0 Å². The third-order valence-corrected chi connectivity index (χ3v) is 7.28. The SMILES string of the molecule is CC(C)(C)c1ccc(C(=O)Nc2nc(C3CCCN3CC(=O)N3CCCCC3)cs2)cc1. The lowest BCUT2D eigenvalue weighted by molar-refractivity contribution is -0.133. The van der Waals surface area contributed by atoms with Crippen LogP contribution in [0.2, 0.25) is 0 Å². The number of benzene rings is 1. The minimum absolute atomic E-state index is 0.0573. The number of nitrogens with one attached hydrogen (secondary N) is 1. The van der Waals surface area contributed by atoms with Gasteiger partial charge in [-0.3, -0.25) is 19.8 Å². The summed E-state index contributed by atoms with van der Waals surface area (Å²) in [5.41, 5.74) is 2.84. The van der Waals surface area contributed by atoms with Gasteiger partial charge in [0.15, 0.2) is 5.13 Å². The smallest absolute Gasteiger partial charge is 0.257 e. The molecule has 2 fully saturated rings. The largest absolute Gasteiger partial charge is 0.342 e. The number of piperidine rings is 1. The van der Waals surface area contributed by atoms with Crippen molar-refractivity contribution in [3.8, 4) is 0 Å². The summed E-state index contributed by atoms with van der Waals surface area (Å²) in [6.45, 7) is 9.64. The molecule has 0 aliphatic carbocycles. The zero-order chi connectivity index (χ0) is 22.7. The maximum atomic E-state index is 12.7. The molecule has 1 aromatic heterocycles. The number of thiazole rings is 1. The van der Waals surface area contributed by atoms with Crippen molar-refractivity contribution in [2.75, 3.05) is 31.5 Å². The van der Waals surface area contributed by atoms with Crippen LogP contribution in [0.4, 0.5) is 5.13 Å². The first-order valence-corrected chi connectivity index (χ1v) is 12.6. The zero-order valence-corrected chi connectivity index (χ0v) is 20.2. The molecule has 0 radical (unpaired) electrons. The van der Waals surface area contributed by atoms with Gasteiger partial charge in [-0.05, 0) is 61.8 Å². The lowest BCUT2D eigenvalue weighted by Gasteiger charge is -2.30. The van der Waals surface area contributed by atoms with Crippen molar-refractivity contribution in [2.45, 2.75) is 64.3 Å². The Morgan fingerprint density at radius 1 is 1.06 bits per heavy atom. The summed E-state index contributed by atoms with van der Waals surface area (Å²) in [7, 11) is 0. The molecule has 1 unspecified atom stereocenters. The quantitative estimate of drug-likeness (QED) is 0.702. The fourth-order valence-corrected chi connectivity index (χ4v) is 5.31. The van der Waals surface area contributed by atoms with Crippen molar-refractivity contribution in [3.05, 3.63) is 46.5 Å². The third-order valence-electron chi connectivity index (χ3n) is 6.51. The Balaban J connectivity index is 1.37. The molecule has 2 aliphatic rings. The predicted molar refractivity (Wildman–Crippen MR) is 129 cm³/mol. The van der Waals surface area contributed by atoms with E-state index in [-0.39, 0.29) is 23.3 Å². The van der Waals surface area contributed by atoms with E-state index in [1.807, 2.05) is 34.5 Å². The second-order valence-electron chi connectivity index (χ2n) is 9.93. The molecule has 172 valence electrons. The summed E-state index contributed by atoms with van der Waals surface area (Å²) in [6, 6.07) is 7.91. The maximum absolute atomic E-state index is 12.7. The molecule has 0 spiro atoms. The van der Waals surface area contributed by atoms with E-state index in [9.17, 15) is 9.59 Å². The number of aromatic nitrogens is 1. The van der Waals surface area contributed by atoms with Crippen molar-refractivity contribution in [3.63, 3.8) is 0 Å². The second kappa shape index (κ2) is 9.71. The standard InChI is InChI=1S/C25H34N4O2S/c1-25(2,3)19-11-9-18(10-12-19)23(31)27-24-26-20(17-32-24)21-8-7-15-29(21)16-22(30)28-13-5-4-6-14-28/h9-12,17,21H,4-8,13-16H2,1-3H3,(H,26,27,31). The molecule has 2 amide bonds. The molecule has 6 nitrogen and oxygen atoms in total. The van der Waals surface area contributed by atoms with Crippen LogP contribution >= 0.6 is 11.3 Å². The van der Waals surface area contributed by atoms with E-state index in [1.54, 1.807) is 0 Å². The number of rotatable bonds is 5. The Bertz CT molecular complexity index is 942. The molecule has 4 rings (SSSR count). The van der Waals surface area contributed by atoms with Crippen LogP contribution in [0.25, 0.3) is 0 Å². The molecule has 2 saturated heterocycles. The minimum atomic E-state index is -0.144. The van der Waals surface area contributed by atoms with Crippen LogP contribution in [0.5, 0.6) is 0 Å². The van der Waals surface area contributed by atoms with E-state index in [0.717, 1.165) is 51.0 Å². The third kappa shape index (κ3) is 5.38. The van der Waals surface area contributed by atoms with Gasteiger partial charge in [0.1, 0.15) is 0 Å². The van der Waals surface area contributed by atoms with Gasteiger partial charge >= 0.3 is 0 Å². The highest BCUT2D eigenvalue weighted by Crippen LogP contribution is 2.33. The number of hydrogen-bond donors (Lipinski definition) is 1. The molecule has 7 heteroatoms. The Morgan fingerprint density at radius 3 is 2.47 bits per heavy atom. The summed E-state index contributed by atoms with van der Waals surface area (Å²) in [6.07, 6.45) is 5.52. The molecular formula is C25H34N4O2S. The number of nitrogens with zero attached hydrogens (tertiary/aromatic N) is 3. The highest BCUT2D eigenvalue weighted by molar-refractivity contribution is 7.14. The van der Waals surface area contributed by atoms with Gasteiger partial charge in [0, 0.05) is 24.0 Å². The normalized spacial score (nSPS) is 19.8. The van der Waals surface area contributed by atoms with Gasteiger partial charge in [-0.1, -0.05) is 32.9 Å². The molecule has 1 aromatic carbocycles. The molecule has 2 aliphatic heterocycles. The molecule has 1 N–H and O–H groups in total. The van der Waals surface area contributed by atoms with E-state index in [2.05, 4.69) is 31.0 Å². The second-order valence-corrected chi connectivity index (χ2v) is 10.8. The van der Waals surface area contributed by atoms with Crippen LogP contribution < -0.4 is 5.32 Å². The summed E-state index contributed by atoms with van der Waals surface area (Å²) >= 11 is 1.45. The summed E-state index contributed by atoms with van der Waals surface area (Å²) < 4.78 is 0. The lowest BCUT2D eigenvalue weighted by atomic mass is 9.87. The minimum Gasteiger partial charge on any atom is -0.342 e. The topological polar surface area (TPSA) is 65.5 Å². The Labute approximate surface area is 195 Å². The van der Waals surface area contributed by atoms with Crippen LogP contribution in [-0.4, -0.2) is 52.8 Å². The highest BCUT2D eigenvalue weighted by atomic mass is 32.1. The van der Waals surface area contributed by atoms with E-state index < -0.39 is 0 Å². The van der Waals surface area contributed by atoms with Crippen molar-refractivity contribution >= 4 is 28.3 Å². The molecule has 32 heavy (non-hydrogen) atoms. The number of amides is 2. The molecule has 0 bridgehead atoms. The van der Waals surface area contributed by atoms with Gasteiger partial charge in [0.2, 0.25) is 5.91 Å². The van der Waals surface area contributed by atoms with Crippen molar-refractivity contribution < 1.29 is 9.59 Å². The van der Waals surface area contributed by atoms with Crippen molar-refractivity contribution in [1.29, 1.82) is 0 Å². The predicted octanol–water partition coefficient (Wildman–Crippen LogP) is 4.84. The first-order valence-electron chi connectivity index (χ1n) is 11.7. The number of hydrogen-bond acceptors (Lipinski definition) is 5. The Morgan fingerprint density at radius 2 is 1.78 bits per heavy atom. The van der Waals surface area contributed by atoms with Gasteiger partial charge in [-0.25, -0.2) is 4.98 Å². The monoisotopic (exact) mass is 454 g/mol. The molecular weight excluding hydrogens is 420 g/mol. The molecule has 0 saturated carbocycles. The fraction of sp³-hybridized carbons (Fsp3) is 0.560. The van der Waals surface area contributed by atoms with E-state index in [4.69, 9.17) is 4.98 Å². The first-order chi connectivity index (χ1) is 15.3. The van der Waals surface area contributed by atoms with Crippen LogP contribution in [0, 0.1) is 0 Å². The van der Waals surface area contributed by atoms with E-state index in [0.29, 0.717) is 17.2 Å². The number of carbonyl (C=O) groups is 2. The fourth-order valence-electron chi connectivity index (χ4n) is 4.55. The van der Waals surface area contributed by atoms with Crippen LogP contribution in [0.1, 0.15) is 80.5 Å². The highest BCUT2D eigenvalue weighted by Gasteiger charge is 2.31. The maximum Gasteiger partial charge on any atom is 0.257 e. The Kier molecular flexibility index (Phi) is 6.96. The number of anilines is 1. The van der Waals surface area contributed by atoms with E-state index in [1.165, 1.54) is 23.3 Å². The van der Waals surface area contributed by atoms with Gasteiger partial charge in [0.25, 0.3) is 5.91 Å². The van der Waals surface area contributed by atoms with Gasteiger partial charge in [-0.15, -0.1) is 11.3 Å². The zero-order valence-electron chi connectivity index (χ0n) is 19.4. The van der Waals surface area contributed by atoms with Crippen molar-refractivity contribution in [1.82, 2.24) is 14.8 Å². The summed E-state index contributed by atoms with van der Waals surface area (Å²) in [4.78, 5) is 34.4. The average Bonchev–Trinajstić information content (AvgIpc) is 3.43. The molecule has 3 heterocycles. The molecule has 1 atom stereocenters. The summed E-state index contributed by atoms with van der Waals surface area (Å²) in [5, 5.41) is 5.57. The number of likely N-dealkylation sites (tertiary alicyclic amines) is 2. The molecule has 2 aromatic rings. The van der Waals surface area contributed by atoms with Gasteiger partial charge in [-0.2, -0.15) is 0 Å². The lowest BCUT2D eigenvalue weighted by Crippen LogP contribution is -2.42. The first kappa shape index (κ1) is 22.9. The van der Waals surface area contributed by atoms with Crippen LogP contribution in [0.15, 0.2) is 29.6 Å². The van der Waals surface area contributed by atoms with E-state index >= 15 is 0 Å². The Hall–Kier alpha value is -2.25.